The van der Waals surface area contributed by atoms with Crippen LogP contribution in [-0.2, 0) is 10.0 Å². The highest BCUT2D eigenvalue weighted by atomic mass is 35.5. The van der Waals surface area contributed by atoms with Gasteiger partial charge in [0.1, 0.15) is 5.82 Å². The molecule has 0 aliphatic carbocycles. The summed E-state index contributed by atoms with van der Waals surface area (Å²) in [5.74, 6) is -0.607. The Kier molecular flexibility index (Phi) is 3.54. The van der Waals surface area contributed by atoms with Gasteiger partial charge in [0.2, 0.25) is 0 Å². The Balaban J connectivity index is 2.33. The van der Waals surface area contributed by atoms with Crippen molar-refractivity contribution in [3.63, 3.8) is 0 Å². The molecule has 0 spiro atoms. The molecular formula is C12H9ClFNO2S. The van der Waals surface area contributed by atoms with Gasteiger partial charge in [-0.15, -0.1) is 0 Å². The lowest BCUT2D eigenvalue weighted by Gasteiger charge is -2.08. The molecule has 0 heterocycles. The molecule has 0 aromatic heterocycles. The fourth-order valence-electron chi connectivity index (χ4n) is 1.40. The number of sulfonamides is 1. The van der Waals surface area contributed by atoms with Gasteiger partial charge in [0.25, 0.3) is 10.0 Å². The summed E-state index contributed by atoms with van der Waals surface area (Å²) in [6.45, 7) is 0. The van der Waals surface area contributed by atoms with Crippen molar-refractivity contribution in [2.75, 3.05) is 4.72 Å². The quantitative estimate of drug-likeness (QED) is 0.941. The lowest BCUT2D eigenvalue weighted by atomic mass is 10.3. The SMILES string of the molecule is O=S(=O)(Nc1cccc(Cl)c1)c1cccc(F)c1. The number of hydrogen-bond acceptors (Lipinski definition) is 2. The Labute approximate surface area is 109 Å². The smallest absolute Gasteiger partial charge is 0.261 e. The van der Waals surface area contributed by atoms with E-state index in [2.05, 4.69) is 4.72 Å². The van der Waals surface area contributed by atoms with Gasteiger partial charge in [0.05, 0.1) is 10.6 Å². The summed E-state index contributed by atoms with van der Waals surface area (Å²) in [6, 6.07) is 11.1. The molecule has 0 aliphatic rings. The molecule has 0 radical (unpaired) electrons. The molecule has 0 fully saturated rings. The summed E-state index contributed by atoms with van der Waals surface area (Å²) in [5, 5.41) is 0.412. The zero-order valence-electron chi connectivity index (χ0n) is 9.10. The van der Waals surface area contributed by atoms with Gasteiger partial charge in [-0.05, 0) is 36.4 Å². The van der Waals surface area contributed by atoms with Crippen LogP contribution in [0.15, 0.2) is 53.4 Å². The molecule has 94 valence electrons. The number of nitrogens with one attached hydrogen (secondary N) is 1. The molecule has 0 saturated carbocycles. The van der Waals surface area contributed by atoms with E-state index in [9.17, 15) is 12.8 Å². The van der Waals surface area contributed by atoms with Gasteiger partial charge in [0.15, 0.2) is 0 Å². The van der Waals surface area contributed by atoms with E-state index in [1.54, 1.807) is 18.2 Å². The lowest BCUT2D eigenvalue weighted by molar-refractivity contribution is 0.595. The third-order valence-corrected chi connectivity index (χ3v) is 3.80. The first-order valence-corrected chi connectivity index (χ1v) is 6.87. The van der Waals surface area contributed by atoms with Gasteiger partial charge in [-0.25, -0.2) is 12.8 Å². The van der Waals surface area contributed by atoms with E-state index in [1.165, 1.54) is 24.3 Å². The van der Waals surface area contributed by atoms with Gasteiger partial charge in [-0.3, -0.25) is 4.72 Å². The van der Waals surface area contributed by atoms with Crippen LogP contribution < -0.4 is 4.72 Å². The molecule has 0 atom stereocenters. The zero-order valence-corrected chi connectivity index (χ0v) is 10.7. The maximum atomic E-state index is 13.0. The summed E-state index contributed by atoms with van der Waals surface area (Å²) in [5.41, 5.74) is 0.326. The summed E-state index contributed by atoms with van der Waals surface area (Å²) in [7, 11) is -3.80. The van der Waals surface area contributed by atoms with Crippen LogP contribution in [0, 0.1) is 5.82 Å². The molecular weight excluding hydrogens is 277 g/mol. The van der Waals surface area contributed by atoms with Crippen LogP contribution in [0.2, 0.25) is 5.02 Å². The van der Waals surface area contributed by atoms with Crippen molar-refractivity contribution in [2.24, 2.45) is 0 Å². The molecule has 0 amide bonds. The third kappa shape index (κ3) is 3.00. The second kappa shape index (κ2) is 4.96. The van der Waals surface area contributed by atoms with Crippen molar-refractivity contribution in [3.05, 3.63) is 59.4 Å². The molecule has 2 aromatic carbocycles. The lowest BCUT2D eigenvalue weighted by Crippen LogP contribution is -2.13. The van der Waals surface area contributed by atoms with Gasteiger partial charge < -0.3 is 0 Å². The highest BCUT2D eigenvalue weighted by Gasteiger charge is 2.14. The molecule has 2 aromatic rings. The van der Waals surface area contributed by atoms with Crippen molar-refractivity contribution in [1.29, 1.82) is 0 Å². The molecule has 0 bridgehead atoms. The van der Waals surface area contributed by atoms with E-state index >= 15 is 0 Å². The molecule has 2 rings (SSSR count). The van der Waals surface area contributed by atoms with Crippen LogP contribution in [0.4, 0.5) is 10.1 Å². The second-order valence-corrected chi connectivity index (χ2v) is 5.69. The third-order valence-electron chi connectivity index (χ3n) is 2.18. The first-order chi connectivity index (χ1) is 8.47. The Morgan fingerprint density at radius 2 is 1.78 bits per heavy atom. The van der Waals surface area contributed by atoms with E-state index in [0.29, 0.717) is 10.7 Å². The maximum Gasteiger partial charge on any atom is 0.261 e. The zero-order chi connectivity index (χ0) is 13.2. The topological polar surface area (TPSA) is 46.2 Å². The fraction of sp³-hybridized carbons (Fsp3) is 0. The largest absolute Gasteiger partial charge is 0.280 e. The average Bonchev–Trinajstić information content (AvgIpc) is 2.28. The molecule has 0 unspecified atom stereocenters. The number of anilines is 1. The average molecular weight is 286 g/mol. The number of halogens is 2. The highest BCUT2D eigenvalue weighted by Crippen LogP contribution is 2.19. The normalized spacial score (nSPS) is 11.2. The highest BCUT2D eigenvalue weighted by molar-refractivity contribution is 7.92. The monoisotopic (exact) mass is 285 g/mol. The van der Waals surface area contributed by atoms with Crippen LogP contribution in [-0.4, -0.2) is 8.42 Å². The van der Waals surface area contributed by atoms with Crippen molar-refractivity contribution >= 4 is 27.3 Å². The maximum absolute atomic E-state index is 13.0. The van der Waals surface area contributed by atoms with E-state index in [-0.39, 0.29) is 4.90 Å². The first kappa shape index (κ1) is 12.9. The van der Waals surface area contributed by atoms with Crippen LogP contribution >= 0.6 is 11.6 Å². The van der Waals surface area contributed by atoms with Crippen LogP contribution in [0.1, 0.15) is 0 Å². The predicted molar refractivity (Wildman–Crippen MR) is 68.7 cm³/mol. The second-order valence-electron chi connectivity index (χ2n) is 3.57. The number of hydrogen-bond donors (Lipinski definition) is 1. The minimum Gasteiger partial charge on any atom is -0.280 e. The van der Waals surface area contributed by atoms with Crippen molar-refractivity contribution in [1.82, 2.24) is 0 Å². The van der Waals surface area contributed by atoms with Gasteiger partial charge in [0, 0.05) is 5.02 Å². The molecule has 6 heteroatoms. The van der Waals surface area contributed by atoms with Crippen LogP contribution in [0.25, 0.3) is 0 Å². The minimum absolute atomic E-state index is 0.137. The van der Waals surface area contributed by atoms with Crippen molar-refractivity contribution in [3.8, 4) is 0 Å². The fourth-order valence-corrected chi connectivity index (χ4v) is 2.67. The Morgan fingerprint density at radius 1 is 1.06 bits per heavy atom. The molecule has 18 heavy (non-hydrogen) atoms. The van der Waals surface area contributed by atoms with E-state index in [4.69, 9.17) is 11.6 Å². The van der Waals surface area contributed by atoms with Gasteiger partial charge in [-0.1, -0.05) is 23.7 Å². The van der Waals surface area contributed by atoms with Crippen molar-refractivity contribution < 1.29 is 12.8 Å². The summed E-state index contributed by atoms with van der Waals surface area (Å²) < 4.78 is 39.2. The Hall–Kier alpha value is -1.59. The van der Waals surface area contributed by atoms with E-state index in [0.717, 1.165) is 6.07 Å². The standard InChI is InChI=1S/C12H9ClFNO2S/c13-9-3-1-5-11(7-9)15-18(16,17)12-6-2-4-10(14)8-12/h1-8,15H. The van der Waals surface area contributed by atoms with Crippen molar-refractivity contribution in [2.45, 2.75) is 4.90 Å². The van der Waals surface area contributed by atoms with Gasteiger partial charge >= 0.3 is 0 Å². The molecule has 0 saturated heterocycles. The Morgan fingerprint density at radius 3 is 2.44 bits per heavy atom. The number of benzene rings is 2. The van der Waals surface area contributed by atoms with Gasteiger partial charge in [-0.2, -0.15) is 0 Å². The minimum atomic E-state index is -3.80. The summed E-state index contributed by atoms with van der Waals surface area (Å²) >= 11 is 5.75. The number of rotatable bonds is 3. The summed E-state index contributed by atoms with van der Waals surface area (Å²) in [6.07, 6.45) is 0. The molecule has 3 nitrogen and oxygen atoms in total. The summed E-state index contributed by atoms with van der Waals surface area (Å²) in [4.78, 5) is -0.137. The van der Waals surface area contributed by atoms with Crippen LogP contribution in [0.3, 0.4) is 0 Å². The van der Waals surface area contributed by atoms with E-state index in [1.807, 2.05) is 0 Å². The predicted octanol–water partition coefficient (Wildman–Crippen LogP) is 3.28. The van der Waals surface area contributed by atoms with E-state index < -0.39 is 15.8 Å². The molecule has 0 aliphatic heterocycles. The first-order valence-electron chi connectivity index (χ1n) is 5.01. The van der Waals surface area contributed by atoms with Crippen LogP contribution in [0.5, 0.6) is 0 Å². The molecule has 1 N–H and O–H groups in total. The Bertz CT molecular complexity index is 673.